The highest BCUT2D eigenvalue weighted by Crippen LogP contribution is 2.14. The quantitative estimate of drug-likeness (QED) is 0.663. The predicted molar refractivity (Wildman–Crippen MR) is 103 cm³/mol. The summed E-state index contributed by atoms with van der Waals surface area (Å²) in [5.74, 6) is -1.55. The SMILES string of the molecule is O=C(CCS(=O)(=O)c1ccccc1)OCC(=O)N1CCC(c2ccccc2)=N1. The van der Waals surface area contributed by atoms with Gasteiger partial charge in [-0.05, 0) is 17.7 Å². The second kappa shape index (κ2) is 8.79. The van der Waals surface area contributed by atoms with Crippen LogP contribution < -0.4 is 0 Å². The number of hydrogen-bond donors (Lipinski definition) is 0. The lowest BCUT2D eigenvalue weighted by atomic mass is 10.1. The van der Waals surface area contributed by atoms with Gasteiger partial charge in [-0.25, -0.2) is 13.4 Å². The van der Waals surface area contributed by atoms with E-state index in [0.29, 0.717) is 13.0 Å². The van der Waals surface area contributed by atoms with Crippen LogP contribution >= 0.6 is 0 Å². The van der Waals surface area contributed by atoms with Crippen molar-refractivity contribution in [1.29, 1.82) is 0 Å². The minimum Gasteiger partial charge on any atom is -0.455 e. The van der Waals surface area contributed by atoms with Crippen molar-refractivity contribution >= 4 is 27.4 Å². The molecular weight excluding hydrogens is 380 g/mol. The summed E-state index contributed by atoms with van der Waals surface area (Å²) in [5, 5.41) is 5.55. The highest BCUT2D eigenvalue weighted by molar-refractivity contribution is 7.91. The zero-order chi connectivity index (χ0) is 20.0. The normalized spacial score (nSPS) is 13.9. The molecular formula is C20H20N2O5S. The van der Waals surface area contributed by atoms with Gasteiger partial charge in [0.1, 0.15) is 0 Å². The van der Waals surface area contributed by atoms with E-state index in [1.165, 1.54) is 17.1 Å². The van der Waals surface area contributed by atoms with Gasteiger partial charge in [-0.2, -0.15) is 5.10 Å². The number of benzene rings is 2. The summed E-state index contributed by atoms with van der Waals surface area (Å²) in [6.07, 6.45) is 0.308. The van der Waals surface area contributed by atoms with E-state index >= 15 is 0 Å². The second-order valence-electron chi connectivity index (χ2n) is 6.22. The average Bonchev–Trinajstić information content (AvgIpc) is 3.22. The van der Waals surface area contributed by atoms with Crippen LogP contribution in [0.4, 0.5) is 0 Å². The number of esters is 1. The van der Waals surface area contributed by atoms with Crippen LogP contribution in [-0.2, 0) is 24.2 Å². The molecule has 0 bridgehead atoms. The number of amides is 1. The Morgan fingerprint density at radius 2 is 1.64 bits per heavy atom. The molecule has 28 heavy (non-hydrogen) atoms. The van der Waals surface area contributed by atoms with Crippen molar-refractivity contribution in [3.8, 4) is 0 Å². The molecule has 0 N–H and O–H groups in total. The van der Waals surface area contributed by atoms with Gasteiger partial charge in [-0.1, -0.05) is 48.5 Å². The molecule has 1 aliphatic heterocycles. The molecule has 146 valence electrons. The zero-order valence-corrected chi connectivity index (χ0v) is 16.0. The van der Waals surface area contributed by atoms with Crippen LogP contribution in [0.1, 0.15) is 18.4 Å². The highest BCUT2D eigenvalue weighted by Gasteiger charge is 2.23. The van der Waals surface area contributed by atoms with Crippen molar-refractivity contribution in [3.05, 3.63) is 66.2 Å². The van der Waals surface area contributed by atoms with Gasteiger partial charge < -0.3 is 4.74 Å². The standard InChI is InChI=1S/C20H20N2O5S/c23-19(22-13-11-18(21-22)16-7-3-1-4-8-16)15-27-20(24)12-14-28(25,26)17-9-5-2-6-10-17/h1-10H,11-15H2. The third kappa shape index (κ3) is 5.04. The molecule has 7 nitrogen and oxygen atoms in total. The van der Waals surface area contributed by atoms with E-state index in [9.17, 15) is 18.0 Å². The topological polar surface area (TPSA) is 93.1 Å². The van der Waals surface area contributed by atoms with Crippen molar-refractivity contribution < 1.29 is 22.7 Å². The number of hydrazone groups is 1. The Balaban J connectivity index is 1.47. The first kappa shape index (κ1) is 19.8. The minimum atomic E-state index is -3.57. The van der Waals surface area contributed by atoms with Gasteiger partial charge in [0.05, 0.1) is 29.3 Å². The molecule has 3 rings (SSSR count). The van der Waals surface area contributed by atoms with Crippen LogP contribution in [0.25, 0.3) is 0 Å². The van der Waals surface area contributed by atoms with E-state index in [0.717, 1.165) is 11.3 Å². The summed E-state index contributed by atoms with van der Waals surface area (Å²) in [6.45, 7) is -0.0429. The number of sulfone groups is 1. The largest absolute Gasteiger partial charge is 0.455 e. The number of ether oxygens (including phenoxy) is 1. The number of carbonyl (C=O) groups excluding carboxylic acids is 2. The van der Waals surface area contributed by atoms with Crippen molar-refractivity contribution in [3.63, 3.8) is 0 Å². The smallest absolute Gasteiger partial charge is 0.307 e. The van der Waals surface area contributed by atoms with Gasteiger partial charge in [-0.15, -0.1) is 0 Å². The third-order valence-corrected chi connectivity index (χ3v) is 5.96. The van der Waals surface area contributed by atoms with Gasteiger partial charge >= 0.3 is 5.97 Å². The van der Waals surface area contributed by atoms with E-state index in [4.69, 9.17) is 4.74 Å². The van der Waals surface area contributed by atoms with Crippen LogP contribution in [0.3, 0.4) is 0 Å². The molecule has 0 aliphatic carbocycles. The Hall–Kier alpha value is -3.00. The molecule has 0 spiro atoms. The maximum absolute atomic E-state index is 12.2. The van der Waals surface area contributed by atoms with E-state index < -0.39 is 28.3 Å². The third-order valence-electron chi connectivity index (χ3n) is 4.23. The Bertz CT molecular complexity index is 972. The molecule has 0 radical (unpaired) electrons. The number of hydrogen-bond acceptors (Lipinski definition) is 6. The molecule has 2 aromatic rings. The second-order valence-corrected chi connectivity index (χ2v) is 8.33. The summed E-state index contributed by atoms with van der Waals surface area (Å²) < 4.78 is 29.2. The van der Waals surface area contributed by atoms with E-state index in [1.54, 1.807) is 18.2 Å². The fourth-order valence-electron chi connectivity index (χ4n) is 2.72. The lowest BCUT2D eigenvalue weighted by molar-refractivity contribution is -0.151. The van der Waals surface area contributed by atoms with Gasteiger partial charge in [0.25, 0.3) is 5.91 Å². The first-order valence-corrected chi connectivity index (χ1v) is 10.5. The molecule has 1 amide bonds. The lowest BCUT2D eigenvalue weighted by Gasteiger charge is -2.11. The predicted octanol–water partition coefficient (Wildman–Crippen LogP) is 2.03. The Kier molecular flexibility index (Phi) is 6.20. The van der Waals surface area contributed by atoms with Crippen LogP contribution in [0.2, 0.25) is 0 Å². The Labute approximate surface area is 163 Å². The minimum absolute atomic E-state index is 0.152. The summed E-state index contributed by atoms with van der Waals surface area (Å²) in [4.78, 5) is 24.2. The molecule has 0 fully saturated rings. The van der Waals surface area contributed by atoms with Gasteiger partial charge in [0.2, 0.25) is 0 Å². The van der Waals surface area contributed by atoms with Crippen molar-refractivity contribution in [1.82, 2.24) is 5.01 Å². The number of rotatable bonds is 7. The fourth-order valence-corrected chi connectivity index (χ4v) is 3.97. The molecule has 1 aliphatic rings. The average molecular weight is 400 g/mol. The fraction of sp³-hybridized carbons (Fsp3) is 0.250. The summed E-state index contributed by atoms with van der Waals surface area (Å²) >= 11 is 0. The molecule has 0 saturated heterocycles. The van der Waals surface area contributed by atoms with E-state index in [1.807, 2.05) is 30.3 Å². The van der Waals surface area contributed by atoms with Gasteiger partial charge in [0, 0.05) is 6.42 Å². The molecule has 0 aromatic heterocycles. The lowest BCUT2D eigenvalue weighted by Crippen LogP contribution is -2.29. The molecule has 0 saturated carbocycles. The first-order valence-electron chi connectivity index (χ1n) is 8.82. The molecule has 0 atom stereocenters. The monoisotopic (exact) mass is 400 g/mol. The molecule has 8 heteroatoms. The zero-order valence-electron chi connectivity index (χ0n) is 15.2. The van der Waals surface area contributed by atoms with Gasteiger partial charge in [0.15, 0.2) is 16.4 Å². The van der Waals surface area contributed by atoms with Gasteiger partial charge in [-0.3, -0.25) is 9.59 Å². The van der Waals surface area contributed by atoms with Crippen LogP contribution in [0.5, 0.6) is 0 Å². The Morgan fingerprint density at radius 1 is 1.00 bits per heavy atom. The van der Waals surface area contributed by atoms with Crippen molar-refractivity contribution in [2.24, 2.45) is 5.10 Å². The Morgan fingerprint density at radius 3 is 2.32 bits per heavy atom. The van der Waals surface area contributed by atoms with E-state index in [2.05, 4.69) is 5.10 Å². The van der Waals surface area contributed by atoms with Crippen LogP contribution in [-0.4, -0.2) is 49.9 Å². The maximum Gasteiger partial charge on any atom is 0.307 e. The molecule has 2 aromatic carbocycles. The summed E-state index contributed by atoms with van der Waals surface area (Å²) in [5.41, 5.74) is 1.75. The summed E-state index contributed by atoms with van der Waals surface area (Å²) in [7, 11) is -3.57. The van der Waals surface area contributed by atoms with Crippen LogP contribution in [0.15, 0.2) is 70.7 Å². The van der Waals surface area contributed by atoms with E-state index in [-0.39, 0.29) is 17.1 Å². The van der Waals surface area contributed by atoms with Crippen molar-refractivity contribution in [2.45, 2.75) is 17.7 Å². The molecule has 0 unspecified atom stereocenters. The molecule has 1 heterocycles. The van der Waals surface area contributed by atoms with Crippen LogP contribution in [0, 0.1) is 0 Å². The van der Waals surface area contributed by atoms with Crippen molar-refractivity contribution in [2.75, 3.05) is 18.9 Å². The number of nitrogens with zero attached hydrogens (tertiary/aromatic N) is 2. The maximum atomic E-state index is 12.2. The number of carbonyl (C=O) groups is 2. The highest BCUT2D eigenvalue weighted by atomic mass is 32.2. The first-order chi connectivity index (χ1) is 13.5. The summed E-state index contributed by atoms with van der Waals surface area (Å²) in [6, 6.07) is 17.4.